The van der Waals surface area contributed by atoms with Crippen LogP contribution in [0.25, 0.3) is 0 Å². The molecule has 5 rings (SSSR count). The van der Waals surface area contributed by atoms with E-state index in [1.807, 2.05) is 12.1 Å². The van der Waals surface area contributed by atoms with Crippen LogP contribution in [0.15, 0.2) is 30.5 Å². The summed E-state index contributed by atoms with van der Waals surface area (Å²) >= 11 is 0. The number of fused-ring (bicyclic) bond motifs is 2. The lowest BCUT2D eigenvalue weighted by Crippen LogP contribution is -2.54. The summed E-state index contributed by atoms with van der Waals surface area (Å²) in [6.45, 7) is 0.821. The predicted octanol–water partition coefficient (Wildman–Crippen LogP) is 2.35. The second kappa shape index (κ2) is 6.78. The minimum atomic E-state index is -2.58. The Hall–Kier alpha value is -2.97. The summed E-state index contributed by atoms with van der Waals surface area (Å²) in [6, 6.07) is 6.51. The lowest BCUT2D eigenvalue weighted by atomic mass is 9.81. The van der Waals surface area contributed by atoms with Gasteiger partial charge >= 0.3 is 0 Å². The van der Waals surface area contributed by atoms with E-state index in [4.69, 9.17) is 4.74 Å². The molecular formula is C21H22F2N4O3. The highest BCUT2D eigenvalue weighted by atomic mass is 19.3. The van der Waals surface area contributed by atoms with E-state index in [-0.39, 0.29) is 37.2 Å². The Bertz CT molecular complexity index is 1010. The highest BCUT2D eigenvalue weighted by Crippen LogP contribution is 2.43. The van der Waals surface area contributed by atoms with Crippen molar-refractivity contribution in [3.63, 3.8) is 0 Å². The van der Waals surface area contributed by atoms with E-state index in [1.54, 1.807) is 30.1 Å². The number of benzene rings is 1. The minimum absolute atomic E-state index is 0.0686. The molecule has 1 aromatic heterocycles. The summed E-state index contributed by atoms with van der Waals surface area (Å²) in [5.74, 6) is -2.64. The van der Waals surface area contributed by atoms with Crippen molar-refractivity contribution >= 4 is 17.5 Å². The second-order valence-electron chi connectivity index (χ2n) is 8.30. The third kappa shape index (κ3) is 3.12. The van der Waals surface area contributed by atoms with Gasteiger partial charge in [0.1, 0.15) is 18.4 Å². The van der Waals surface area contributed by atoms with Gasteiger partial charge in [-0.15, -0.1) is 0 Å². The molecule has 2 amide bonds. The maximum absolute atomic E-state index is 13.1. The molecule has 3 aliphatic rings. The van der Waals surface area contributed by atoms with Crippen molar-refractivity contribution in [2.45, 2.75) is 37.8 Å². The number of carbonyl (C=O) groups is 2. The fourth-order valence-electron chi connectivity index (χ4n) is 4.54. The van der Waals surface area contributed by atoms with Gasteiger partial charge in [-0.05, 0) is 24.5 Å². The molecule has 1 fully saturated rings. The number of amides is 2. The van der Waals surface area contributed by atoms with Gasteiger partial charge in [0.2, 0.25) is 5.92 Å². The molecule has 1 atom stereocenters. The summed E-state index contributed by atoms with van der Waals surface area (Å²) in [7, 11) is 1.67. The van der Waals surface area contributed by atoms with Gasteiger partial charge in [-0.1, -0.05) is 12.1 Å². The molecule has 9 heteroatoms. The van der Waals surface area contributed by atoms with Crippen molar-refractivity contribution in [2.75, 3.05) is 25.1 Å². The number of para-hydroxylation sites is 2. The predicted molar refractivity (Wildman–Crippen MR) is 104 cm³/mol. The third-order valence-electron chi connectivity index (χ3n) is 6.16. The van der Waals surface area contributed by atoms with E-state index >= 15 is 0 Å². The number of likely N-dealkylation sites (N-methyl/N-ethyl adjacent to an activating group) is 1. The molecule has 0 unspecified atom stereocenters. The van der Waals surface area contributed by atoms with Crippen LogP contribution in [0, 0.1) is 5.92 Å². The number of alkyl halides is 2. The molecule has 0 radical (unpaired) electrons. The fourth-order valence-corrected chi connectivity index (χ4v) is 4.54. The van der Waals surface area contributed by atoms with Crippen LogP contribution in [0.1, 0.15) is 28.9 Å². The Morgan fingerprint density at radius 3 is 2.77 bits per heavy atom. The van der Waals surface area contributed by atoms with Crippen molar-refractivity contribution in [3.8, 4) is 5.75 Å². The van der Waals surface area contributed by atoms with Crippen LogP contribution in [0.4, 0.5) is 14.5 Å². The minimum Gasteiger partial charge on any atom is -0.489 e. The van der Waals surface area contributed by atoms with Crippen LogP contribution in [0.2, 0.25) is 0 Å². The number of anilines is 1. The molecule has 0 bridgehead atoms. The summed E-state index contributed by atoms with van der Waals surface area (Å²) in [5.41, 5.74) is 1.75. The molecule has 1 aromatic carbocycles. The first-order valence-corrected chi connectivity index (χ1v) is 10.1. The van der Waals surface area contributed by atoms with Crippen LogP contribution in [-0.2, 0) is 17.8 Å². The average Bonchev–Trinajstić information content (AvgIpc) is 3.06. The Morgan fingerprint density at radius 2 is 2.00 bits per heavy atom. The number of rotatable bonds is 3. The first-order valence-electron chi connectivity index (χ1n) is 10.1. The van der Waals surface area contributed by atoms with Crippen molar-refractivity contribution < 1.29 is 23.1 Å². The van der Waals surface area contributed by atoms with Gasteiger partial charge in [0, 0.05) is 44.7 Å². The monoisotopic (exact) mass is 416 g/mol. The van der Waals surface area contributed by atoms with E-state index in [0.29, 0.717) is 36.6 Å². The largest absolute Gasteiger partial charge is 0.489 e. The molecule has 0 N–H and O–H groups in total. The van der Waals surface area contributed by atoms with Crippen LogP contribution >= 0.6 is 0 Å². The number of hydrogen-bond acceptors (Lipinski definition) is 4. The summed E-state index contributed by atoms with van der Waals surface area (Å²) in [4.78, 5) is 29.3. The zero-order valence-electron chi connectivity index (χ0n) is 16.6. The molecule has 0 spiro atoms. The van der Waals surface area contributed by atoms with E-state index in [0.717, 1.165) is 5.56 Å². The molecule has 158 valence electrons. The Morgan fingerprint density at radius 1 is 1.23 bits per heavy atom. The summed E-state index contributed by atoms with van der Waals surface area (Å²) < 4.78 is 33.6. The third-order valence-corrected chi connectivity index (χ3v) is 6.16. The lowest BCUT2D eigenvalue weighted by molar-refractivity contribution is -0.123. The van der Waals surface area contributed by atoms with E-state index < -0.39 is 12.0 Å². The number of nitrogens with zero attached hydrogens (tertiary/aromatic N) is 4. The van der Waals surface area contributed by atoms with Crippen molar-refractivity contribution in [2.24, 2.45) is 5.92 Å². The van der Waals surface area contributed by atoms with Crippen LogP contribution in [-0.4, -0.2) is 58.7 Å². The molecule has 0 saturated heterocycles. The van der Waals surface area contributed by atoms with Gasteiger partial charge in [0.25, 0.3) is 11.8 Å². The maximum atomic E-state index is 13.1. The van der Waals surface area contributed by atoms with Gasteiger partial charge in [-0.2, -0.15) is 5.10 Å². The number of aromatic nitrogens is 2. The van der Waals surface area contributed by atoms with Gasteiger partial charge < -0.3 is 14.5 Å². The number of ether oxygens (including phenoxy) is 1. The van der Waals surface area contributed by atoms with Gasteiger partial charge in [0.15, 0.2) is 5.69 Å². The fraction of sp³-hybridized carbons (Fsp3) is 0.476. The average molecular weight is 416 g/mol. The molecule has 7 nitrogen and oxygen atoms in total. The zero-order valence-corrected chi connectivity index (χ0v) is 16.6. The van der Waals surface area contributed by atoms with E-state index in [9.17, 15) is 18.4 Å². The Kier molecular flexibility index (Phi) is 4.30. The highest BCUT2D eigenvalue weighted by Gasteiger charge is 2.45. The Labute approximate surface area is 172 Å². The second-order valence-corrected chi connectivity index (χ2v) is 8.30. The van der Waals surface area contributed by atoms with Gasteiger partial charge in [-0.25, -0.2) is 8.78 Å². The van der Waals surface area contributed by atoms with Gasteiger partial charge in [-0.3, -0.25) is 14.3 Å². The topological polar surface area (TPSA) is 67.7 Å². The van der Waals surface area contributed by atoms with Crippen molar-refractivity contribution in [1.82, 2.24) is 14.7 Å². The molecular weight excluding hydrogens is 394 g/mol. The SMILES string of the molecule is CN1C(=O)[C@@H](N2CCc3cn(CC4CC(F)(F)C4)nc3C2=O)COc2ccccc21. The molecule has 2 aromatic rings. The Balaban J connectivity index is 1.34. The quantitative estimate of drug-likeness (QED) is 0.771. The standard InChI is InChI=1S/C21H22F2N4O3/c1-25-15-4-2-3-5-17(15)30-12-16(19(25)28)27-7-6-14-11-26(24-18(14)20(27)29)10-13-8-21(22,23)9-13/h2-5,11,13,16H,6-10,12H2,1H3/t16-/m0/s1. The van der Waals surface area contributed by atoms with Crippen LogP contribution < -0.4 is 9.64 Å². The molecule has 2 aliphatic heterocycles. The first kappa shape index (κ1) is 19.0. The maximum Gasteiger partial charge on any atom is 0.275 e. The van der Waals surface area contributed by atoms with E-state index in [2.05, 4.69) is 5.10 Å². The van der Waals surface area contributed by atoms with Crippen LogP contribution in [0.3, 0.4) is 0 Å². The number of hydrogen-bond donors (Lipinski definition) is 0. The first-order chi connectivity index (χ1) is 14.3. The van der Waals surface area contributed by atoms with Crippen LogP contribution in [0.5, 0.6) is 5.75 Å². The normalized spacial score (nSPS) is 23.4. The lowest BCUT2D eigenvalue weighted by Gasteiger charge is -2.34. The highest BCUT2D eigenvalue weighted by molar-refractivity contribution is 6.03. The zero-order chi connectivity index (χ0) is 21.0. The summed E-state index contributed by atoms with van der Waals surface area (Å²) in [6.07, 6.45) is 2.05. The molecule has 1 saturated carbocycles. The van der Waals surface area contributed by atoms with Crippen molar-refractivity contribution in [3.05, 3.63) is 41.7 Å². The van der Waals surface area contributed by atoms with E-state index in [1.165, 1.54) is 9.80 Å². The van der Waals surface area contributed by atoms with Gasteiger partial charge in [0.05, 0.1) is 5.69 Å². The smallest absolute Gasteiger partial charge is 0.275 e. The number of carbonyl (C=O) groups excluding carboxylic acids is 2. The molecule has 1 aliphatic carbocycles. The summed E-state index contributed by atoms with van der Waals surface area (Å²) in [5, 5.41) is 4.37. The van der Waals surface area contributed by atoms with Crippen molar-refractivity contribution in [1.29, 1.82) is 0 Å². The number of halogens is 2. The molecule has 3 heterocycles. The molecule has 30 heavy (non-hydrogen) atoms.